The number of esters is 1. The van der Waals surface area contributed by atoms with Gasteiger partial charge in [-0.15, -0.1) is 0 Å². The van der Waals surface area contributed by atoms with E-state index >= 15 is 0 Å². The van der Waals surface area contributed by atoms with Crippen LogP contribution in [0, 0.1) is 17.2 Å². The van der Waals surface area contributed by atoms with E-state index in [9.17, 15) is 20.3 Å². The average Bonchev–Trinajstić information content (AvgIpc) is 3.25. The van der Waals surface area contributed by atoms with Crippen molar-refractivity contribution in [3.63, 3.8) is 0 Å². The lowest BCUT2D eigenvalue weighted by molar-refractivity contribution is -0.202. The molecule has 2 saturated heterocycles. The number of carbonyl (C=O) groups excluding carboxylic acids is 1. The van der Waals surface area contributed by atoms with Gasteiger partial charge in [-0.05, 0) is 31.9 Å². The van der Waals surface area contributed by atoms with Crippen molar-refractivity contribution < 1.29 is 29.2 Å². The minimum Gasteiger partial charge on any atom is -0.432 e. The van der Waals surface area contributed by atoms with Crippen molar-refractivity contribution in [2.45, 2.75) is 50.0 Å². The number of rotatable bonds is 3. The van der Waals surface area contributed by atoms with E-state index in [-0.39, 0.29) is 17.6 Å². The lowest BCUT2D eigenvalue weighted by Crippen LogP contribution is -2.41. The van der Waals surface area contributed by atoms with E-state index in [0.717, 1.165) is 0 Å². The minimum absolute atomic E-state index is 0.0864. The van der Waals surface area contributed by atoms with E-state index in [1.807, 2.05) is 13.0 Å². The lowest BCUT2D eigenvalue weighted by Gasteiger charge is -2.27. The molecule has 2 aromatic rings. The van der Waals surface area contributed by atoms with E-state index in [4.69, 9.17) is 19.9 Å². The van der Waals surface area contributed by atoms with Crippen LogP contribution in [-0.2, 0) is 24.6 Å². The van der Waals surface area contributed by atoms with Crippen molar-refractivity contribution >= 4 is 17.3 Å². The maximum atomic E-state index is 12.5. The Morgan fingerprint density at radius 3 is 3.00 bits per heavy atom. The lowest BCUT2D eigenvalue weighted by atomic mass is 9.93. The van der Waals surface area contributed by atoms with Crippen molar-refractivity contribution in [3.8, 4) is 6.07 Å². The number of ether oxygens (including phenoxy) is 3. The Kier molecular flexibility index (Phi) is 4.87. The highest BCUT2D eigenvalue weighted by molar-refractivity contribution is 5.73. The number of nitrogens with two attached hydrogens (primary N) is 1. The molecular formula is C18H21N5O6. The van der Waals surface area contributed by atoms with Crippen LogP contribution in [-0.4, -0.2) is 62.0 Å². The molecule has 2 aliphatic rings. The maximum Gasteiger partial charge on any atom is 0.311 e. The zero-order valence-electron chi connectivity index (χ0n) is 15.6. The Labute approximate surface area is 165 Å². The zero-order chi connectivity index (χ0) is 20.8. The van der Waals surface area contributed by atoms with Crippen molar-refractivity contribution in [3.05, 3.63) is 24.2 Å². The molecule has 0 spiro atoms. The fourth-order valence-electron chi connectivity index (χ4n) is 3.82. The number of fused-ring (bicyclic) bond motifs is 1. The van der Waals surface area contributed by atoms with Gasteiger partial charge in [0.25, 0.3) is 0 Å². The van der Waals surface area contributed by atoms with Crippen LogP contribution in [0.1, 0.15) is 25.5 Å². The van der Waals surface area contributed by atoms with Gasteiger partial charge >= 0.3 is 5.97 Å². The predicted octanol–water partition coefficient (Wildman–Crippen LogP) is -0.533. The van der Waals surface area contributed by atoms with Crippen LogP contribution < -0.4 is 5.73 Å². The summed E-state index contributed by atoms with van der Waals surface area (Å²) in [5.41, 5.74) is 4.34. The van der Waals surface area contributed by atoms with E-state index in [1.165, 1.54) is 16.9 Å². The topological polar surface area (TPSA) is 165 Å². The Hall–Kier alpha value is -2.78. The van der Waals surface area contributed by atoms with E-state index in [2.05, 4.69) is 10.1 Å². The average molecular weight is 403 g/mol. The molecule has 2 fully saturated rings. The normalized spacial score (nSPS) is 34.8. The van der Waals surface area contributed by atoms with Crippen molar-refractivity contribution in [2.75, 3.05) is 12.3 Å². The molecule has 0 bridgehead atoms. The van der Waals surface area contributed by atoms with Crippen LogP contribution >= 0.6 is 0 Å². The molecule has 0 radical (unpaired) electrons. The third-order valence-corrected chi connectivity index (χ3v) is 5.40. The molecule has 2 aliphatic heterocycles. The summed E-state index contributed by atoms with van der Waals surface area (Å²) in [6, 6.07) is 4.95. The van der Waals surface area contributed by atoms with Gasteiger partial charge in [0, 0.05) is 6.61 Å². The highest BCUT2D eigenvalue weighted by Gasteiger charge is 2.59. The fourth-order valence-corrected chi connectivity index (χ4v) is 3.82. The molecular weight excluding hydrogens is 382 g/mol. The molecule has 4 heterocycles. The number of nitrogen functional groups attached to an aromatic ring is 1. The van der Waals surface area contributed by atoms with Crippen LogP contribution in [0.2, 0.25) is 0 Å². The Morgan fingerprint density at radius 2 is 2.28 bits per heavy atom. The van der Waals surface area contributed by atoms with Gasteiger partial charge in [-0.3, -0.25) is 4.79 Å². The molecule has 0 saturated carbocycles. The molecule has 0 amide bonds. The van der Waals surface area contributed by atoms with Gasteiger partial charge in [-0.1, -0.05) is 0 Å². The molecule has 29 heavy (non-hydrogen) atoms. The number of aliphatic hydroxyl groups excluding tert-OH is 2. The van der Waals surface area contributed by atoms with Gasteiger partial charge in [0.1, 0.15) is 30.1 Å². The summed E-state index contributed by atoms with van der Waals surface area (Å²) in [5, 5.41) is 35.0. The molecule has 154 valence electrons. The van der Waals surface area contributed by atoms with E-state index in [1.54, 1.807) is 6.07 Å². The first-order valence-electron chi connectivity index (χ1n) is 9.23. The Balaban J connectivity index is 1.61. The first-order valence-corrected chi connectivity index (χ1v) is 9.23. The van der Waals surface area contributed by atoms with Crippen LogP contribution in [0.3, 0.4) is 0 Å². The second kappa shape index (κ2) is 7.23. The standard InChI is InChI=1S/C18H21N5O6/c1-9-6-10(4-5-27-9)16(26)28-17-13(24)14(25)18(7-19,29-17)12-3-2-11-15(20)21-8-22-23(11)12/h2-3,8-10,13-14,17,24-25H,4-6H2,1H3,(H2,20,21,22)/t9?,10?,13-,14+,17-,18-/m0/s1. The Bertz CT molecular complexity index is 973. The molecule has 2 unspecified atom stereocenters. The highest BCUT2D eigenvalue weighted by Crippen LogP contribution is 2.41. The minimum atomic E-state index is -2.01. The smallest absolute Gasteiger partial charge is 0.311 e. The van der Waals surface area contributed by atoms with E-state index in [0.29, 0.717) is 25.0 Å². The first-order chi connectivity index (χ1) is 13.9. The quantitative estimate of drug-likeness (QED) is 0.567. The van der Waals surface area contributed by atoms with Crippen molar-refractivity contribution in [1.29, 1.82) is 5.26 Å². The van der Waals surface area contributed by atoms with E-state index < -0.39 is 36.0 Å². The number of anilines is 1. The van der Waals surface area contributed by atoms with Crippen molar-refractivity contribution in [2.24, 2.45) is 5.92 Å². The van der Waals surface area contributed by atoms with Crippen LogP contribution in [0.25, 0.3) is 5.52 Å². The second-order valence-electron chi connectivity index (χ2n) is 7.27. The fraction of sp³-hybridized carbons (Fsp3) is 0.556. The van der Waals surface area contributed by atoms with Crippen LogP contribution in [0.15, 0.2) is 18.5 Å². The molecule has 0 aliphatic carbocycles. The number of aliphatic hydroxyl groups is 2. The number of nitrogens with zero attached hydrogens (tertiary/aromatic N) is 4. The third kappa shape index (κ3) is 3.10. The van der Waals surface area contributed by atoms with Gasteiger partial charge < -0.3 is 30.2 Å². The van der Waals surface area contributed by atoms with Gasteiger partial charge in [-0.25, -0.2) is 9.50 Å². The zero-order valence-corrected chi connectivity index (χ0v) is 15.6. The third-order valence-electron chi connectivity index (χ3n) is 5.40. The molecule has 4 rings (SSSR count). The van der Waals surface area contributed by atoms with Gasteiger partial charge in [0.05, 0.1) is 17.7 Å². The molecule has 2 aromatic heterocycles. The first kappa shape index (κ1) is 19.5. The van der Waals surface area contributed by atoms with Crippen LogP contribution in [0.4, 0.5) is 5.82 Å². The Morgan fingerprint density at radius 1 is 1.48 bits per heavy atom. The number of aromatic nitrogens is 3. The summed E-state index contributed by atoms with van der Waals surface area (Å²) in [5.74, 6) is -0.814. The SMILES string of the molecule is CC1CC(C(=O)O[C@H]2O[C@@](C#N)(c3ccc4c(N)ncnn34)[C@H](O)[C@@H]2O)CCO1. The monoisotopic (exact) mass is 403 g/mol. The predicted molar refractivity (Wildman–Crippen MR) is 95.8 cm³/mol. The number of nitriles is 1. The largest absolute Gasteiger partial charge is 0.432 e. The second-order valence-corrected chi connectivity index (χ2v) is 7.27. The molecule has 0 aromatic carbocycles. The summed E-state index contributed by atoms with van der Waals surface area (Å²) in [4.78, 5) is 16.4. The molecule has 11 heteroatoms. The maximum absolute atomic E-state index is 12.5. The summed E-state index contributed by atoms with van der Waals surface area (Å²) in [6.45, 7) is 2.28. The summed E-state index contributed by atoms with van der Waals surface area (Å²) >= 11 is 0. The summed E-state index contributed by atoms with van der Waals surface area (Å²) in [6.07, 6.45) is -2.76. The van der Waals surface area contributed by atoms with Gasteiger partial charge in [-0.2, -0.15) is 10.4 Å². The molecule has 6 atom stereocenters. The van der Waals surface area contributed by atoms with Crippen molar-refractivity contribution in [1.82, 2.24) is 14.6 Å². The summed E-state index contributed by atoms with van der Waals surface area (Å²) in [7, 11) is 0. The molecule has 11 nitrogen and oxygen atoms in total. The molecule has 4 N–H and O–H groups in total. The summed E-state index contributed by atoms with van der Waals surface area (Å²) < 4.78 is 17.7. The van der Waals surface area contributed by atoms with Crippen LogP contribution in [0.5, 0.6) is 0 Å². The van der Waals surface area contributed by atoms with Gasteiger partial charge in [0.2, 0.25) is 11.9 Å². The number of hydrogen-bond acceptors (Lipinski definition) is 10. The number of carbonyl (C=O) groups is 1. The number of hydrogen-bond donors (Lipinski definition) is 3. The highest BCUT2D eigenvalue weighted by atomic mass is 16.7. The van der Waals surface area contributed by atoms with Gasteiger partial charge in [0.15, 0.2) is 5.82 Å².